The fourth-order valence-electron chi connectivity index (χ4n) is 2.25. The number of benzene rings is 1. The molecular weight excluding hydrogens is 268 g/mol. The maximum atomic E-state index is 12.3. The minimum Gasteiger partial charge on any atom is -0.465 e. The highest BCUT2D eigenvalue weighted by molar-refractivity contribution is 5.89. The smallest absolute Gasteiger partial charge is 0.337 e. The first-order valence-electron chi connectivity index (χ1n) is 7.18. The molecule has 3 N–H and O–H groups in total. The van der Waals surface area contributed by atoms with E-state index in [0.29, 0.717) is 31.5 Å². The van der Waals surface area contributed by atoms with Gasteiger partial charge in [0.25, 0.3) is 0 Å². The number of nitrogens with two attached hydrogens (primary N) is 1. The lowest BCUT2D eigenvalue weighted by Gasteiger charge is -2.28. The molecule has 0 atom stereocenters. The molecule has 0 bridgehead atoms. The van der Waals surface area contributed by atoms with E-state index in [1.807, 2.05) is 19.9 Å². The van der Waals surface area contributed by atoms with Crippen LogP contribution in [-0.2, 0) is 16.1 Å². The highest BCUT2D eigenvalue weighted by Crippen LogP contribution is 2.25. The molecule has 0 aliphatic heterocycles. The SMILES string of the molecule is CCC(CC)(CN)C(=O)NCc1cccc(C(=O)OC)c1. The standard InChI is InChI=1S/C16H24N2O3/c1-4-16(5-2,11-17)15(20)18-10-12-7-6-8-13(9-12)14(19)21-3/h6-9H,4-5,10-11,17H2,1-3H3,(H,18,20). The molecule has 0 heterocycles. The van der Waals surface area contributed by atoms with Crippen molar-refractivity contribution < 1.29 is 14.3 Å². The topological polar surface area (TPSA) is 81.4 Å². The summed E-state index contributed by atoms with van der Waals surface area (Å²) in [7, 11) is 1.34. The molecule has 5 nitrogen and oxygen atoms in total. The highest BCUT2D eigenvalue weighted by Gasteiger charge is 2.32. The van der Waals surface area contributed by atoms with E-state index in [0.717, 1.165) is 5.56 Å². The molecule has 0 fully saturated rings. The van der Waals surface area contributed by atoms with Crippen molar-refractivity contribution in [2.45, 2.75) is 33.2 Å². The zero-order valence-corrected chi connectivity index (χ0v) is 12.9. The van der Waals surface area contributed by atoms with Crippen molar-refractivity contribution in [2.24, 2.45) is 11.1 Å². The molecule has 5 heteroatoms. The molecule has 0 unspecified atom stereocenters. The molecule has 116 valence electrons. The molecule has 0 spiro atoms. The Balaban J connectivity index is 2.75. The molecule has 1 aromatic carbocycles. The summed E-state index contributed by atoms with van der Waals surface area (Å²) in [5.41, 5.74) is 6.57. The van der Waals surface area contributed by atoms with Gasteiger partial charge in [-0.2, -0.15) is 0 Å². The molecule has 1 amide bonds. The zero-order valence-electron chi connectivity index (χ0n) is 12.9. The van der Waals surface area contributed by atoms with E-state index in [2.05, 4.69) is 10.1 Å². The second kappa shape index (κ2) is 7.78. The average molecular weight is 292 g/mol. The number of rotatable bonds is 7. The number of hydrogen-bond acceptors (Lipinski definition) is 4. The second-order valence-corrected chi connectivity index (χ2v) is 5.07. The van der Waals surface area contributed by atoms with E-state index in [4.69, 9.17) is 5.73 Å². The van der Waals surface area contributed by atoms with E-state index in [1.165, 1.54) is 7.11 Å². The fraction of sp³-hybridized carbons (Fsp3) is 0.500. The number of esters is 1. The van der Waals surface area contributed by atoms with Gasteiger partial charge in [0.05, 0.1) is 18.1 Å². The lowest BCUT2D eigenvalue weighted by molar-refractivity contribution is -0.131. The quantitative estimate of drug-likeness (QED) is 0.752. The molecule has 0 radical (unpaired) electrons. The molecule has 0 saturated carbocycles. The van der Waals surface area contributed by atoms with Crippen LogP contribution in [0.2, 0.25) is 0 Å². The normalized spacial score (nSPS) is 11.0. The van der Waals surface area contributed by atoms with Crippen LogP contribution in [0.3, 0.4) is 0 Å². The number of nitrogens with one attached hydrogen (secondary N) is 1. The fourth-order valence-corrected chi connectivity index (χ4v) is 2.25. The minimum absolute atomic E-state index is 0.0431. The van der Waals surface area contributed by atoms with Crippen molar-refractivity contribution >= 4 is 11.9 Å². The Morgan fingerprint density at radius 3 is 2.48 bits per heavy atom. The lowest BCUT2D eigenvalue weighted by Crippen LogP contribution is -2.45. The van der Waals surface area contributed by atoms with E-state index in [9.17, 15) is 9.59 Å². The zero-order chi connectivity index (χ0) is 15.9. The summed E-state index contributed by atoms with van der Waals surface area (Å²) in [4.78, 5) is 23.8. The summed E-state index contributed by atoms with van der Waals surface area (Å²) in [5.74, 6) is -0.430. The summed E-state index contributed by atoms with van der Waals surface area (Å²) in [6.07, 6.45) is 1.40. The van der Waals surface area contributed by atoms with Crippen molar-refractivity contribution in [3.05, 3.63) is 35.4 Å². The van der Waals surface area contributed by atoms with Crippen LogP contribution in [-0.4, -0.2) is 25.5 Å². The van der Waals surface area contributed by atoms with Crippen molar-refractivity contribution in [2.75, 3.05) is 13.7 Å². The summed E-state index contributed by atoms with van der Waals surface area (Å²) in [5, 5.41) is 2.91. The summed E-state index contributed by atoms with van der Waals surface area (Å²) >= 11 is 0. The van der Waals surface area contributed by atoms with E-state index >= 15 is 0 Å². The third-order valence-electron chi connectivity index (χ3n) is 4.03. The van der Waals surface area contributed by atoms with E-state index in [-0.39, 0.29) is 11.9 Å². The van der Waals surface area contributed by atoms with Crippen LogP contribution in [0, 0.1) is 5.41 Å². The minimum atomic E-state index is -0.514. The number of hydrogen-bond donors (Lipinski definition) is 2. The van der Waals surface area contributed by atoms with Crippen molar-refractivity contribution in [1.82, 2.24) is 5.32 Å². The predicted molar refractivity (Wildman–Crippen MR) is 81.7 cm³/mol. The van der Waals surface area contributed by atoms with Gasteiger partial charge in [0.15, 0.2) is 0 Å². The van der Waals surface area contributed by atoms with Gasteiger partial charge in [-0.15, -0.1) is 0 Å². The Bertz CT molecular complexity index is 488. The maximum Gasteiger partial charge on any atom is 0.337 e. The van der Waals surface area contributed by atoms with Gasteiger partial charge in [0.2, 0.25) is 5.91 Å². The Kier molecular flexibility index (Phi) is 6.37. The van der Waals surface area contributed by atoms with E-state index < -0.39 is 5.41 Å². The van der Waals surface area contributed by atoms with Crippen molar-refractivity contribution in [3.8, 4) is 0 Å². The first-order valence-corrected chi connectivity index (χ1v) is 7.18. The summed E-state index contributed by atoms with van der Waals surface area (Å²) in [6, 6.07) is 7.02. The van der Waals surface area contributed by atoms with Crippen LogP contribution in [0.5, 0.6) is 0 Å². The monoisotopic (exact) mass is 292 g/mol. The molecule has 21 heavy (non-hydrogen) atoms. The van der Waals surface area contributed by atoms with E-state index in [1.54, 1.807) is 18.2 Å². The summed E-state index contributed by atoms with van der Waals surface area (Å²) < 4.78 is 4.68. The van der Waals surface area contributed by atoms with Gasteiger partial charge in [-0.25, -0.2) is 4.79 Å². The van der Waals surface area contributed by atoms with Crippen LogP contribution in [0.1, 0.15) is 42.6 Å². The van der Waals surface area contributed by atoms with Crippen molar-refractivity contribution in [1.29, 1.82) is 0 Å². The van der Waals surface area contributed by atoms with Crippen LogP contribution < -0.4 is 11.1 Å². The van der Waals surface area contributed by atoms with Gasteiger partial charge < -0.3 is 15.8 Å². The lowest BCUT2D eigenvalue weighted by atomic mass is 9.81. The largest absolute Gasteiger partial charge is 0.465 e. The Morgan fingerprint density at radius 1 is 1.29 bits per heavy atom. The van der Waals surface area contributed by atoms with Crippen LogP contribution >= 0.6 is 0 Å². The van der Waals surface area contributed by atoms with Gasteiger partial charge in [-0.3, -0.25) is 4.79 Å². The molecule has 1 aromatic rings. The second-order valence-electron chi connectivity index (χ2n) is 5.07. The molecule has 0 aromatic heterocycles. The van der Waals surface area contributed by atoms with Gasteiger partial charge in [-0.1, -0.05) is 26.0 Å². The average Bonchev–Trinajstić information content (AvgIpc) is 2.54. The predicted octanol–water partition coefficient (Wildman–Crippen LogP) is 1.85. The van der Waals surface area contributed by atoms with Crippen LogP contribution in [0.15, 0.2) is 24.3 Å². The van der Waals surface area contributed by atoms with Gasteiger partial charge in [-0.05, 0) is 30.5 Å². The number of methoxy groups -OCH3 is 1. The number of ether oxygens (including phenoxy) is 1. The summed E-state index contributed by atoms with van der Waals surface area (Å²) in [6.45, 7) is 4.63. The molecule has 1 rings (SSSR count). The number of carbonyl (C=O) groups is 2. The Hall–Kier alpha value is -1.88. The molecular formula is C16H24N2O3. The Labute approximate surface area is 125 Å². The first kappa shape index (κ1) is 17.2. The first-order chi connectivity index (χ1) is 10.0. The molecule has 0 aliphatic carbocycles. The highest BCUT2D eigenvalue weighted by atomic mass is 16.5. The molecule has 0 saturated heterocycles. The molecule has 0 aliphatic rings. The maximum absolute atomic E-state index is 12.3. The number of amides is 1. The number of carbonyl (C=O) groups excluding carboxylic acids is 2. The van der Waals surface area contributed by atoms with Gasteiger partial charge in [0, 0.05) is 13.1 Å². The van der Waals surface area contributed by atoms with Crippen LogP contribution in [0.25, 0.3) is 0 Å². The van der Waals surface area contributed by atoms with Crippen LogP contribution in [0.4, 0.5) is 0 Å². The van der Waals surface area contributed by atoms with Gasteiger partial charge in [0.1, 0.15) is 0 Å². The van der Waals surface area contributed by atoms with Crippen molar-refractivity contribution in [3.63, 3.8) is 0 Å². The van der Waals surface area contributed by atoms with Gasteiger partial charge >= 0.3 is 5.97 Å². The Morgan fingerprint density at radius 2 is 1.95 bits per heavy atom. The third kappa shape index (κ3) is 4.04. The third-order valence-corrected chi connectivity index (χ3v) is 4.03.